The maximum atomic E-state index is 12.3. The molecule has 4 nitrogen and oxygen atoms in total. The average Bonchev–Trinajstić information content (AvgIpc) is 3.29. The average molecular weight is 341 g/mol. The molecule has 3 fully saturated rings. The Morgan fingerprint density at radius 1 is 1.00 bits per heavy atom. The zero-order valence-electron chi connectivity index (χ0n) is 15.3. The molecule has 1 saturated heterocycles. The van der Waals surface area contributed by atoms with Gasteiger partial charge < -0.3 is 10.2 Å². The van der Waals surface area contributed by atoms with Crippen LogP contribution < -0.4 is 10.2 Å². The quantitative estimate of drug-likeness (QED) is 0.856. The molecule has 2 aliphatic carbocycles. The molecule has 0 atom stereocenters. The highest BCUT2D eigenvalue weighted by Gasteiger charge is 2.26. The summed E-state index contributed by atoms with van der Waals surface area (Å²) in [6.45, 7) is 5.80. The van der Waals surface area contributed by atoms with Crippen molar-refractivity contribution < 1.29 is 4.79 Å². The molecule has 3 aliphatic rings. The number of carbonyl (C=O) groups is 1. The highest BCUT2D eigenvalue weighted by atomic mass is 16.1. The Hall–Kier alpha value is -1.55. The van der Waals surface area contributed by atoms with Gasteiger partial charge in [0.05, 0.1) is 0 Å². The van der Waals surface area contributed by atoms with E-state index in [-0.39, 0.29) is 5.91 Å². The summed E-state index contributed by atoms with van der Waals surface area (Å²) in [4.78, 5) is 17.3. The molecule has 136 valence electrons. The molecular weight excluding hydrogens is 310 g/mol. The first-order chi connectivity index (χ1) is 12.3. The Kier molecular flexibility index (Phi) is 5.25. The smallest absolute Gasteiger partial charge is 0.224 e. The van der Waals surface area contributed by atoms with Crippen LogP contribution in [-0.2, 0) is 4.79 Å². The van der Waals surface area contributed by atoms with Gasteiger partial charge in [-0.15, -0.1) is 0 Å². The van der Waals surface area contributed by atoms with Crippen LogP contribution in [0.4, 0.5) is 11.4 Å². The number of anilines is 2. The predicted molar refractivity (Wildman–Crippen MR) is 103 cm³/mol. The summed E-state index contributed by atoms with van der Waals surface area (Å²) in [5.74, 6) is 1.76. The van der Waals surface area contributed by atoms with Crippen LogP contribution in [-0.4, -0.2) is 43.5 Å². The van der Waals surface area contributed by atoms with Gasteiger partial charge in [-0.2, -0.15) is 0 Å². The number of amides is 1. The van der Waals surface area contributed by atoms with Crippen LogP contribution in [0.1, 0.15) is 44.9 Å². The molecule has 1 heterocycles. The number of hydrogen-bond acceptors (Lipinski definition) is 3. The summed E-state index contributed by atoms with van der Waals surface area (Å²) in [7, 11) is 0. The molecule has 0 aromatic heterocycles. The lowest BCUT2D eigenvalue weighted by atomic mass is 10.0. The number of benzene rings is 1. The maximum absolute atomic E-state index is 12.3. The third kappa shape index (κ3) is 4.75. The molecule has 1 aromatic carbocycles. The standard InChI is InChI=1S/C21H31N3O/c25-21(14-17-4-1-2-5-17)22-19-6-3-7-20(15-19)24-12-10-23(11-13-24)16-18-8-9-18/h3,6-7,15,17-18H,1-2,4-5,8-14,16H2,(H,22,25). The molecule has 1 aromatic rings. The molecule has 0 spiro atoms. The molecule has 1 aliphatic heterocycles. The van der Waals surface area contributed by atoms with Crippen molar-refractivity contribution in [3.05, 3.63) is 24.3 Å². The first kappa shape index (κ1) is 16.9. The van der Waals surface area contributed by atoms with Gasteiger partial charge in [0, 0.05) is 50.5 Å². The lowest BCUT2D eigenvalue weighted by Crippen LogP contribution is -2.47. The summed E-state index contributed by atoms with van der Waals surface area (Å²) in [5, 5.41) is 3.12. The largest absolute Gasteiger partial charge is 0.369 e. The predicted octanol–water partition coefficient (Wildman–Crippen LogP) is 3.74. The molecule has 0 unspecified atom stereocenters. The van der Waals surface area contributed by atoms with Crippen molar-refractivity contribution in [1.82, 2.24) is 4.90 Å². The summed E-state index contributed by atoms with van der Waals surface area (Å²) >= 11 is 0. The molecule has 1 amide bonds. The molecule has 4 rings (SSSR count). The number of piperazine rings is 1. The van der Waals surface area contributed by atoms with E-state index < -0.39 is 0 Å². The Bertz CT molecular complexity index is 585. The summed E-state index contributed by atoms with van der Waals surface area (Å²) in [5.41, 5.74) is 2.19. The minimum Gasteiger partial charge on any atom is -0.369 e. The fraction of sp³-hybridized carbons (Fsp3) is 0.667. The Labute approximate surface area is 151 Å². The molecule has 2 saturated carbocycles. The normalized spacial score (nSPS) is 22.3. The van der Waals surface area contributed by atoms with Crippen molar-refractivity contribution in [1.29, 1.82) is 0 Å². The summed E-state index contributed by atoms with van der Waals surface area (Å²) < 4.78 is 0. The lowest BCUT2D eigenvalue weighted by Gasteiger charge is -2.36. The van der Waals surface area contributed by atoms with Crippen LogP contribution in [0.25, 0.3) is 0 Å². The van der Waals surface area contributed by atoms with Crippen LogP contribution in [0.3, 0.4) is 0 Å². The number of rotatable bonds is 6. The number of nitrogens with one attached hydrogen (secondary N) is 1. The second-order valence-electron chi connectivity index (χ2n) is 8.18. The van der Waals surface area contributed by atoms with E-state index in [9.17, 15) is 4.79 Å². The fourth-order valence-corrected chi connectivity index (χ4v) is 4.32. The first-order valence-electron chi connectivity index (χ1n) is 10.1. The van der Waals surface area contributed by atoms with Crippen LogP contribution in [0, 0.1) is 11.8 Å². The zero-order chi connectivity index (χ0) is 17.1. The summed E-state index contributed by atoms with van der Waals surface area (Å²) in [6.07, 6.45) is 8.58. The zero-order valence-corrected chi connectivity index (χ0v) is 15.3. The lowest BCUT2D eigenvalue weighted by molar-refractivity contribution is -0.117. The van der Waals surface area contributed by atoms with E-state index >= 15 is 0 Å². The van der Waals surface area contributed by atoms with Gasteiger partial charge in [-0.1, -0.05) is 18.9 Å². The first-order valence-corrected chi connectivity index (χ1v) is 10.1. The third-order valence-corrected chi connectivity index (χ3v) is 6.03. The fourth-order valence-electron chi connectivity index (χ4n) is 4.32. The Balaban J connectivity index is 1.29. The van der Waals surface area contributed by atoms with Gasteiger partial charge in [-0.05, 0) is 55.7 Å². The van der Waals surface area contributed by atoms with Gasteiger partial charge in [0.1, 0.15) is 0 Å². The molecule has 25 heavy (non-hydrogen) atoms. The second kappa shape index (κ2) is 7.77. The molecule has 0 bridgehead atoms. The van der Waals surface area contributed by atoms with Gasteiger partial charge >= 0.3 is 0 Å². The summed E-state index contributed by atoms with van der Waals surface area (Å²) in [6, 6.07) is 8.39. The van der Waals surface area contributed by atoms with Crippen LogP contribution in [0.5, 0.6) is 0 Å². The number of carbonyl (C=O) groups excluding carboxylic acids is 1. The van der Waals surface area contributed by atoms with E-state index in [1.54, 1.807) is 0 Å². The van der Waals surface area contributed by atoms with Gasteiger partial charge in [0.2, 0.25) is 5.91 Å². The third-order valence-electron chi connectivity index (χ3n) is 6.03. The molecular formula is C21H31N3O. The van der Waals surface area contributed by atoms with E-state index in [2.05, 4.69) is 33.3 Å². The van der Waals surface area contributed by atoms with Crippen molar-refractivity contribution in [3.63, 3.8) is 0 Å². The van der Waals surface area contributed by atoms with Gasteiger partial charge in [-0.25, -0.2) is 0 Å². The highest BCUT2D eigenvalue weighted by Crippen LogP contribution is 2.31. The maximum Gasteiger partial charge on any atom is 0.224 e. The van der Waals surface area contributed by atoms with Crippen LogP contribution >= 0.6 is 0 Å². The monoisotopic (exact) mass is 341 g/mol. The van der Waals surface area contributed by atoms with Crippen molar-refractivity contribution in [2.45, 2.75) is 44.9 Å². The van der Waals surface area contributed by atoms with E-state index in [0.29, 0.717) is 12.3 Å². The number of hydrogen-bond donors (Lipinski definition) is 1. The topological polar surface area (TPSA) is 35.6 Å². The van der Waals surface area contributed by atoms with E-state index in [1.807, 2.05) is 6.07 Å². The minimum atomic E-state index is 0.179. The Morgan fingerprint density at radius 3 is 2.48 bits per heavy atom. The van der Waals surface area contributed by atoms with Crippen LogP contribution in [0.2, 0.25) is 0 Å². The molecule has 0 radical (unpaired) electrons. The van der Waals surface area contributed by atoms with Gasteiger partial charge in [0.15, 0.2) is 0 Å². The van der Waals surface area contributed by atoms with E-state index in [1.165, 1.54) is 50.8 Å². The van der Waals surface area contributed by atoms with Gasteiger partial charge in [-0.3, -0.25) is 9.69 Å². The van der Waals surface area contributed by atoms with E-state index in [0.717, 1.165) is 37.8 Å². The van der Waals surface area contributed by atoms with Crippen molar-refractivity contribution in [2.24, 2.45) is 11.8 Å². The van der Waals surface area contributed by atoms with Crippen molar-refractivity contribution in [3.8, 4) is 0 Å². The van der Waals surface area contributed by atoms with Crippen molar-refractivity contribution in [2.75, 3.05) is 42.9 Å². The van der Waals surface area contributed by atoms with Gasteiger partial charge in [0.25, 0.3) is 0 Å². The van der Waals surface area contributed by atoms with E-state index in [4.69, 9.17) is 0 Å². The highest BCUT2D eigenvalue weighted by molar-refractivity contribution is 5.91. The molecule has 1 N–H and O–H groups in total. The Morgan fingerprint density at radius 2 is 1.76 bits per heavy atom. The SMILES string of the molecule is O=C(CC1CCCC1)Nc1cccc(N2CCN(CC3CC3)CC2)c1. The van der Waals surface area contributed by atoms with Crippen molar-refractivity contribution >= 4 is 17.3 Å². The minimum absolute atomic E-state index is 0.179. The van der Waals surface area contributed by atoms with Crippen LogP contribution in [0.15, 0.2) is 24.3 Å². The second-order valence-corrected chi connectivity index (χ2v) is 8.18. The molecule has 4 heteroatoms. The number of nitrogens with zero attached hydrogens (tertiary/aromatic N) is 2.